The van der Waals surface area contributed by atoms with Crippen LogP contribution in [-0.2, 0) is 22.5 Å². The third kappa shape index (κ3) is 8.95. The number of nitrogens with zero attached hydrogens (tertiary/aromatic N) is 3. The standard InChI is InChI=1S/C36H36Cl2FN3O7S.CH2O2/c1-40-21-9-10-22(40)14-23(13-21)49-36(45)42(31-7-5-4-6-30(31)39)17-24-15-26(34(50-24)35(43)44)25(16-27-28(37)18-41(46)19-29(27)38)20-8-11-32(47-2)33(12-20)48-3;2-1-3/h4-8,11-12,15,18-19,21-23,25H,9-10,13-14,16-17H2,1-3H3,(H-,43,44,46);1H,(H,2,3)/t21-,22+,23?,25-;/m0./s1. The summed E-state index contributed by atoms with van der Waals surface area (Å²) in [7, 11) is 5.09. The molecule has 2 bridgehead atoms. The van der Waals surface area contributed by atoms with Crippen molar-refractivity contribution >= 4 is 58.8 Å². The smallest absolute Gasteiger partial charge is 0.414 e. The number of methoxy groups -OCH3 is 2. The van der Waals surface area contributed by atoms with Gasteiger partial charge in [0.2, 0.25) is 12.4 Å². The predicted octanol–water partition coefficient (Wildman–Crippen LogP) is 5.94. The molecule has 1 unspecified atom stereocenters. The van der Waals surface area contributed by atoms with E-state index in [1.807, 2.05) is 0 Å². The van der Waals surface area contributed by atoms with Crippen LogP contribution in [0, 0.1) is 5.82 Å². The summed E-state index contributed by atoms with van der Waals surface area (Å²) in [5.74, 6) is -1.85. The first-order chi connectivity index (χ1) is 25.4. The molecule has 12 nitrogen and oxygen atoms in total. The van der Waals surface area contributed by atoms with Gasteiger partial charge < -0.3 is 34.1 Å². The van der Waals surface area contributed by atoms with Crippen LogP contribution in [0.1, 0.15) is 62.8 Å². The quantitative estimate of drug-likeness (QED) is 0.106. The summed E-state index contributed by atoms with van der Waals surface area (Å²) in [5.41, 5.74) is 1.47. The molecule has 0 spiro atoms. The van der Waals surface area contributed by atoms with E-state index in [1.54, 1.807) is 30.3 Å². The van der Waals surface area contributed by atoms with Gasteiger partial charge in [0.1, 0.15) is 22.0 Å². The number of piperidine rings is 1. The highest BCUT2D eigenvalue weighted by molar-refractivity contribution is 7.14. The van der Waals surface area contributed by atoms with E-state index >= 15 is 4.39 Å². The maximum absolute atomic E-state index is 15.3. The van der Waals surface area contributed by atoms with Crippen molar-refractivity contribution in [3.63, 3.8) is 0 Å². The second kappa shape index (κ2) is 17.5. The van der Waals surface area contributed by atoms with E-state index in [0.29, 0.717) is 58.0 Å². The number of aromatic carboxylic acids is 1. The number of carboxylic acids is 1. The minimum Gasteiger partial charge on any atom is -0.544 e. The minimum absolute atomic E-state index is 0.00921. The molecule has 2 saturated heterocycles. The van der Waals surface area contributed by atoms with Crippen molar-refractivity contribution in [3.8, 4) is 11.5 Å². The van der Waals surface area contributed by atoms with Crippen molar-refractivity contribution in [2.45, 2.75) is 62.8 Å². The van der Waals surface area contributed by atoms with Crippen molar-refractivity contribution in [3.05, 3.63) is 103 Å². The van der Waals surface area contributed by atoms with Gasteiger partial charge in [0.15, 0.2) is 11.5 Å². The molecule has 0 radical (unpaired) electrons. The third-order valence-corrected chi connectivity index (χ3v) is 11.4. The molecule has 2 aromatic carbocycles. The average molecular weight is 791 g/mol. The van der Waals surface area contributed by atoms with E-state index in [0.717, 1.165) is 28.9 Å². The Bertz CT molecular complexity index is 1930. The average Bonchev–Trinajstić information content (AvgIpc) is 3.62. The number of halogens is 3. The summed E-state index contributed by atoms with van der Waals surface area (Å²) in [6.45, 7) is -0.416. The molecule has 1 amide bonds. The highest BCUT2D eigenvalue weighted by atomic mass is 35.5. The van der Waals surface area contributed by atoms with Gasteiger partial charge in [-0.1, -0.05) is 41.4 Å². The number of anilines is 1. The Balaban J connectivity index is 0.00000175. The summed E-state index contributed by atoms with van der Waals surface area (Å²) >= 11 is 14.0. The van der Waals surface area contributed by atoms with Crippen LogP contribution in [0.5, 0.6) is 11.5 Å². The molecule has 4 aromatic rings. The van der Waals surface area contributed by atoms with Crippen molar-refractivity contribution in [1.82, 2.24) is 4.90 Å². The first-order valence-corrected chi connectivity index (χ1v) is 18.1. The molecule has 2 aliphatic heterocycles. The van der Waals surface area contributed by atoms with Gasteiger partial charge in [0.05, 0.1) is 37.3 Å². The fourth-order valence-electron chi connectivity index (χ4n) is 7.11. The zero-order valence-corrected chi connectivity index (χ0v) is 31.4. The number of carboxylic acid groups (broad SMARTS) is 2. The lowest BCUT2D eigenvalue weighted by Gasteiger charge is -2.36. The van der Waals surface area contributed by atoms with E-state index in [-0.39, 0.29) is 46.2 Å². The number of rotatable bonds is 11. The highest BCUT2D eigenvalue weighted by Crippen LogP contribution is 2.42. The zero-order chi connectivity index (χ0) is 38.4. The molecule has 16 heteroatoms. The number of carbonyl (C=O) groups is 3. The number of benzene rings is 2. The number of para-hydroxylation sites is 1. The van der Waals surface area contributed by atoms with Crippen molar-refractivity contribution in [2.75, 3.05) is 26.2 Å². The largest absolute Gasteiger partial charge is 0.544 e. The van der Waals surface area contributed by atoms with Crippen LogP contribution in [0.2, 0.25) is 10.0 Å². The van der Waals surface area contributed by atoms with E-state index in [9.17, 15) is 19.9 Å². The lowest BCUT2D eigenvalue weighted by atomic mass is 9.85. The molecule has 2 fully saturated rings. The lowest BCUT2D eigenvalue weighted by Crippen LogP contribution is -2.45. The molecule has 2 aliphatic rings. The second-order valence-corrected chi connectivity index (χ2v) is 14.6. The molecule has 6 rings (SSSR count). The summed E-state index contributed by atoms with van der Waals surface area (Å²) in [6, 6.07) is 13.4. The number of fused-ring (bicyclic) bond motifs is 2. The molecule has 4 atom stereocenters. The van der Waals surface area contributed by atoms with Crippen LogP contribution in [-0.4, -0.2) is 73.2 Å². The van der Waals surface area contributed by atoms with Crippen molar-refractivity contribution in [1.29, 1.82) is 0 Å². The van der Waals surface area contributed by atoms with Gasteiger partial charge in [-0.05, 0) is 67.8 Å². The molecule has 0 aliphatic carbocycles. The van der Waals surface area contributed by atoms with Crippen LogP contribution in [0.3, 0.4) is 0 Å². The summed E-state index contributed by atoms with van der Waals surface area (Å²) in [5, 5.41) is 29.9. The highest BCUT2D eigenvalue weighted by Gasteiger charge is 2.40. The van der Waals surface area contributed by atoms with Crippen LogP contribution < -0.4 is 24.2 Å². The Morgan fingerprint density at radius 1 is 1.08 bits per heavy atom. The molecular weight excluding hydrogens is 752 g/mol. The Morgan fingerprint density at radius 2 is 1.70 bits per heavy atom. The topological polar surface area (TPSA) is 153 Å². The SMILES string of the molecule is COc1ccc([C@H](Cc2c(Cl)c[n+](O)cc2Cl)c2cc(CN(C(=O)OC3C[C@H]4CC[C@@H](C3)N4C)c3ccccc3F)sc2C(=O)[O-])cc1OC.O=CO. The van der Waals surface area contributed by atoms with E-state index in [4.69, 9.17) is 47.3 Å². The zero-order valence-electron chi connectivity index (χ0n) is 29.0. The lowest BCUT2D eigenvalue weighted by molar-refractivity contribution is -0.904. The summed E-state index contributed by atoms with van der Waals surface area (Å²) in [4.78, 5) is 38.8. The maximum Gasteiger partial charge on any atom is 0.414 e. The van der Waals surface area contributed by atoms with Crippen LogP contribution in [0.4, 0.5) is 14.9 Å². The number of amides is 1. The molecule has 2 aromatic heterocycles. The van der Waals surface area contributed by atoms with Crippen LogP contribution >= 0.6 is 34.5 Å². The van der Waals surface area contributed by atoms with E-state index in [1.165, 1.54) is 49.7 Å². The molecule has 4 heterocycles. The van der Waals surface area contributed by atoms with Crippen LogP contribution in [0.15, 0.2) is 60.9 Å². The van der Waals surface area contributed by atoms with Crippen molar-refractivity contribution in [2.24, 2.45) is 0 Å². The number of hydrogen-bond donors (Lipinski definition) is 2. The Kier molecular flexibility index (Phi) is 13.0. The normalized spacial score (nSPS) is 18.3. The van der Waals surface area contributed by atoms with E-state index in [2.05, 4.69) is 11.9 Å². The van der Waals surface area contributed by atoms with Crippen molar-refractivity contribution < 1.29 is 53.1 Å². The number of ether oxygens (including phenoxy) is 3. The number of pyridine rings is 1. The van der Waals surface area contributed by atoms with Crippen LogP contribution in [0.25, 0.3) is 0 Å². The second-order valence-electron chi connectivity index (χ2n) is 12.6. The fraction of sp³-hybridized carbons (Fsp3) is 0.351. The monoisotopic (exact) mass is 789 g/mol. The summed E-state index contributed by atoms with van der Waals surface area (Å²) in [6.07, 6.45) is 5.09. The van der Waals surface area contributed by atoms with Gasteiger partial charge in [-0.15, -0.1) is 11.3 Å². The first kappa shape index (κ1) is 39.6. The van der Waals surface area contributed by atoms with E-state index < -0.39 is 23.8 Å². The number of carbonyl (C=O) groups excluding carboxylic acids is 2. The Hall–Kier alpha value is -4.63. The Labute approximate surface area is 319 Å². The first-order valence-electron chi connectivity index (χ1n) is 16.6. The molecular formula is C37H38Cl2FN3O9S. The third-order valence-electron chi connectivity index (χ3n) is 9.66. The molecule has 0 saturated carbocycles. The van der Waals surface area contributed by atoms with Gasteiger partial charge in [-0.2, -0.15) is 0 Å². The van der Waals surface area contributed by atoms with Gasteiger partial charge in [-0.25, -0.2) is 9.18 Å². The Morgan fingerprint density at radius 3 is 2.28 bits per heavy atom. The predicted molar refractivity (Wildman–Crippen MR) is 193 cm³/mol. The molecule has 282 valence electrons. The van der Waals surface area contributed by atoms with Gasteiger partial charge in [-0.3, -0.25) is 14.9 Å². The van der Waals surface area contributed by atoms with Gasteiger partial charge >= 0.3 is 6.09 Å². The number of thiophene rings is 1. The molecule has 53 heavy (non-hydrogen) atoms. The minimum atomic E-state index is -1.43. The fourth-order valence-corrected chi connectivity index (χ4v) is 8.76. The van der Waals surface area contributed by atoms with Gasteiger partial charge in [0, 0.05) is 46.0 Å². The number of hydrogen-bond acceptors (Lipinski definition) is 10. The number of aromatic nitrogens is 1. The maximum atomic E-state index is 15.3. The van der Waals surface area contributed by atoms with Gasteiger partial charge in [0.25, 0.3) is 6.47 Å². The molecule has 2 N–H and O–H groups in total. The summed E-state index contributed by atoms with van der Waals surface area (Å²) < 4.78 is 33.0.